The van der Waals surface area contributed by atoms with Gasteiger partial charge in [-0.2, -0.15) is 0 Å². The number of carbonyl (C=O) groups excluding carboxylic acids is 1. The van der Waals surface area contributed by atoms with Crippen LogP contribution in [0.25, 0.3) is 0 Å². The van der Waals surface area contributed by atoms with Gasteiger partial charge in [-0.15, -0.1) is 0 Å². The van der Waals surface area contributed by atoms with Gasteiger partial charge in [-0.25, -0.2) is 0 Å². The largest absolute Gasteiger partial charge is 0.356 e. The van der Waals surface area contributed by atoms with E-state index in [4.69, 9.17) is 14.2 Å². The van der Waals surface area contributed by atoms with E-state index in [1.807, 2.05) is 0 Å². The summed E-state index contributed by atoms with van der Waals surface area (Å²) in [4.78, 5) is 11.2. The van der Waals surface area contributed by atoms with Crippen LogP contribution in [-0.2, 0) is 19.0 Å². The lowest BCUT2D eigenvalue weighted by atomic mass is 10.3. The molecule has 0 aromatic rings. The van der Waals surface area contributed by atoms with Crippen molar-refractivity contribution >= 4 is 5.91 Å². The summed E-state index contributed by atoms with van der Waals surface area (Å²) in [5, 5.41) is 2.56. The Morgan fingerprint density at radius 3 is 2.00 bits per heavy atom. The van der Waals surface area contributed by atoms with Crippen molar-refractivity contribution in [1.82, 2.24) is 5.32 Å². The number of methoxy groups -OCH3 is 3. The molecule has 0 spiro atoms. The first-order valence-corrected chi connectivity index (χ1v) is 4.11. The van der Waals surface area contributed by atoms with E-state index < -0.39 is 12.5 Å². The predicted molar refractivity (Wildman–Crippen MR) is 51.6 cm³/mol. The molecule has 0 aromatic carbocycles. The van der Waals surface area contributed by atoms with Crippen molar-refractivity contribution in [3.05, 3.63) is 12.2 Å². The predicted octanol–water partition coefficient (Wildman–Crippen LogP) is 0.270. The monoisotopic (exact) mass is 203 g/mol. The summed E-state index contributed by atoms with van der Waals surface area (Å²) in [5.41, 5.74) is 0.401. The third kappa shape index (κ3) is 3.87. The summed E-state index contributed by atoms with van der Waals surface area (Å²) in [6, 6.07) is 0. The molecule has 5 heteroatoms. The molecule has 0 aliphatic rings. The van der Waals surface area contributed by atoms with Crippen LogP contribution >= 0.6 is 0 Å². The van der Waals surface area contributed by atoms with Gasteiger partial charge in [0.1, 0.15) is 0 Å². The minimum absolute atomic E-state index is 0.295. The van der Waals surface area contributed by atoms with Crippen LogP contribution in [0.1, 0.15) is 6.92 Å². The molecule has 0 fully saturated rings. The fraction of sp³-hybridized carbons (Fsp3) is 0.667. The van der Waals surface area contributed by atoms with Crippen LogP contribution in [0.4, 0.5) is 0 Å². The number of hydrogen-bond acceptors (Lipinski definition) is 4. The molecule has 0 rings (SSSR count). The molecule has 1 unspecified atom stereocenters. The number of ether oxygens (including phenoxy) is 3. The molecule has 0 aliphatic carbocycles. The molecule has 0 bridgehead atoms. The molecule has 0 saturated heterocycles. The van der Waals surface area contributed by atoms with Crippen molar-refractivity contribution in [2.24, 2.45) is 0 Å². The van der Waals surface area contributed by atoms with Gasteiger partial charge in [0.05, 0.1) is 0 Å². The molecule has 82 valence electrons. The van der Waals surface area contributed by atoms with Crippen LogP contribution in [0.5, 0.6) is 0 Å². The second kappa shape index (κ2) is 6.53. The maximum atomic E-state index is 11.2. The fourth-order valence-electron chi connectivity index (χ4n) is 0.834. The van der Waals surface area contributed by atoms with Crippen LogP contribution in [0, 0.1) is 0 Å². The van der Waals surface area contributed by atoms with Gasteiger partial charge in [0.2, 0.25) is 12.2 Å². The third-order valence-electron chi connectivity index (χ3n) is 1.63. The van der Waals surface area contributed by atoms with E-state index in [-0.39, 0.29) is 5.91 Å². The fourth-order valence-corrected chi connectivity index (χ4v) is 0.834. The molecule has 1 atom stereocenters. The lowest BCUT2D eigenvalue weighted by molar-refractivity contribution is -0.184. The smallest absolute Gasteiger partial charge is 0.248 e. The number of nitrogens with one attached hydrogen (secondary N) is 1. The average Bonchev–Trinajstić information content (AvgIpc) is 2.17. The Balaban J connectivity index is 4.27. The average molecular weight is 203 g/mol. The zero-order valence-electron chi connectivity index (χ0n) is 8.99. The van der Waals surface area contributed by atoms with E-state index in [1.165, 1.54) is 21.3 Å². The van der Waals surface area contributed by atoms with Gasteiger partial charge in [-0.05, 0) is 6.92 Å². The van der Waals surface area contributed by atoms with Gasteiger partial charge < -0.3 is 19.5 Å². The second-order valence-corrected chi connectivity index (χ2v) is 2.75. The summed E-state index contributed by atoms with van der Waals surface area (Å²) < 4.78 is 14.9. The van der Waals surface area contributed by atoms with Gasteiger partial charge in [0.25, 0.3) is 0 Å². The van der Waals surface area contributed by atoms with Crippen molar-refractivity contribution < 1.29 is 19.0 Å². The van der Waals surface area contributed by atoms with E-state index in [0.717, 1.165) is 0 Å². The summed E-state index contributed by atoms with van der Waals surface area (Å²) in [7, 11) is 4.38. The molecule has 0 saturated carbocycles. The van der Waals surface area contributed by atoms with Crippen molar-refractivity contribution in [1.29, 1.82) is 0 Å². The molecule has 14 heavy (non-hydrogen) atoms. The molecule has 5 nitrogen and oxygen atoms in total. The van der Waals surface area contributed by atoms with Crippen LogP contribution in [0.3, 0.4) is 0 Å². The van der Waals surface area contributed by atoms with Crippen molar-refractivity contribution in [2.75, 3.05) is 21.3 Å². The Morgan fingerprint density at radius 1 is 1.21 bits per heavy atom. The van der Waals surface area contributed by atoms with Gasteiger partial charge in [0.15, 0.2) is 6.23 Å². The van der Waals surface area contributed by atoms with E-state index >= 15 is 0 Å². The minimum atomic E-state index is -0.644. The molecule has 0 heterocycles. The second-order valence-electron chi connectivity index (χ2n) is 2.75. The van der Waals surface area contributed by atoms with Gasteiger partial charge in [-0.3, -0.25) is 4.79 Å². The zero-order chi connectivity index (χ0) is 11.1. The van der Waals surface area contributed by atoms with Crippen molar-refractivity contribution in [2.45, 2.75) is 19.4 Å². The van der Waals surface area contributed by atoms with Crippen LogP contribution < -0.4 is 5.32 Å². The maximum Gasteiger partial charge on any atom is 0.248 e. The summed E-state index contributed by atoms with van der Waals surface area (Å²) in [6.45, 7) is 5.11. The number of hydrogen-bond donors (Lipinski definition) is 1. The molecule has 1 amide bonds. The Hall–Kier alpha value is -0.910. The normalized spacial score (nSPS) is 12.6. The molecule has 1 N–H and O–H groups in total. The molecule has 0 radical (unpaired) electrons. The van der Waals surface area contributed by atoms with Crippen LogP contribution in [0.2, 0.25) is 0 Å². The SMILES string of the molecule is C=C(C)C(=O)NC(OC)C(OC)OC. The van der Waals surface area contributed by atoms with E-state index in [0.29, 0.717) is 5.57 Å². The quantitative estimate of drug-likeness (QED) is 0.497. The minimum Gasteiger partial charge on any atom is -0.356 e. The van der Waals surface area contributed by atoms with Gasteiger partial charge in [0, 0.05) is 26.9 Å². The highest BCUT2D eigenvalue weighted by atomic mass is 16.7. The zero-order valence-corrected chi connectivity index (χ0v) is 8.99. The molecular weight excluding hydrogens is 186 g/mol. The van der Waals surface area contributed by atoms with Gasteiger partial charge >= 0.3 is 0 Å². The van der Waals surface area contributed by atoms with E-state index in [2.05, 4.69) is 11.9 Å². The standard InChI is InChI=1S/C9H17NO4/c1-6(2)7(11)10-8(12-3)9(13-4)14-5/h8-9H,1H2,2-5H3,(H,10,11). The number of amides is 1. The first-order valence-electron chi connectivity index (χ1n) is 4.11. The highest BCUT2D eigenvalue weighted by molar-refractivity contribution is 5.92. The summed E-state index contributed by atoms with van der Waals surface area (Å²) in [5.74, 6) is -0.295. The molecule has 0 aliphatic heterocycles. The number of carbonyl (C=O) groups is 1. The lowest BCUT2D eigenvalue weighted by Gasteiger charge is -2.24. The van der Waals surface area contributed by atoms with Gasteiger partial charge in [-0.1, -0.05) is 6.58 Å². The molecule has 0 aromatic heterocycles. The number of rotatable bonds is 6. The van der Waals surface area contributed by atoms with E-state index in [1.54, 1.807) is 6.92 Å². The highest BCUT2D eigenvalue weighted by Crippen LogP contribution is 2.01. The Morgan fingerprint density at radius 2 is 1.71 bits per heavy atom. The summed E-state index contributed by atoms with van der Waals surface area (Å²) in [6.07, 6.45) is -1.28. The molecular formula is C9H17NO4. The van der Waals surface area contributed by atoms with Crippen LogP contribution in [0.15, 0.2) is 12.2 Å². The van der Waals surface area contributed by atoms with Crippen LogP contribution in [-0.4, -0.2) is 39.8 Å². The Bertz CT molecular complexity index is 201. The van der Waals surface area contributed by atoms with Crippen molar-refractivity contribution in [3.8, 4) is 0 Å². The Kier molecular flexibility index (Phi) is 6.11. The van der Waals surface area contributed by atoms with Crippen molar-refractivity contribution in [3.63, 3.8) is 0 Å². The first-order chi connectivity index (χ1) is 6.56. The van der Waals surface area contributed by atoms with E-state index in [9.17, 15) is 4.79 Å². The summed E-state index contributed by atoms with van der Waals surface area (Å²) >= 11 is 0. The Labute approximate surface area is 84.0 Å². The lowest BCUT2D eigenvalue weighted by Crippen LogP contribution is -2.46. The maximum absolute atomic E-state index is 11.2. The topological polar surface area (TPSA) is 56.8 Å². The highest BCUT2D eigenvalue weighted by Gasteiger charge is 2.22. The third-order valence-corrected chi connectivity index (χ3v) is 1.63. The first kappa shape index (κ1) is 13.1.